The largest absolute Gasteiger partial charge is 0.489 e. The fraction of sp³-hybridized carbons (Fsp3) is 0.118. The van der Waals surface area contributed by atoms with E-state index in [2.05, 4.69) is 11.8 Å². The van der Waals surface area contributed by atoms with Gasteiger partial charge >= 0.3 is 0 Å². The molecule has 0 aliphatic carbocycles. The lowest BCUT2D eigenvalue weighted by molar-refractivity contribution is 0.306. The predicted molar refractivity (Wildman–Crippen MR) is 75.9 cm³/mol. The Bertz CT molecular complexity index is 721. The first-order valence-corrected chi connectivity index (χ1v) is 6.24. The second kappa shape index (κ2) is 7.09. The van der Waals surface area contributed by atoms with Crippen LogP contribution >= 0.6 is 0 Å². The first-order valence-electron chi connectivity index (χ1n) is 6.24. The summed E-state index contributed by atoms with van der Waals surface area (Å²) in [4.78, 5) is 0. The lowest BCUT2D eigenvalue weighted by Gasteiger charge is -2.07. The van der Waals surface area contributed by atoms with Crippen LogP contribution in [0.3, 0.4) is 0 Å². The molecule has 104 valence electrons. The van der Waals surface area contributed by atoms with Gasteiger partial charge in [-0.3, -0.25) is 0 Å². The summed E-state index contributed by atoms with van der Waals surface area (Å²) < 4.78 is 18.7. The number of aliphatic hydroxyl groups is 1. The number of halogens is 1. The van der Waals surface area contributed by atoms with Crippen molar-refractivity contribution in [2.75, 3.05) is 6.61 Å². The highest BCUT2D eigenvalue weighted by molar-refractivity contribution is 5.38. The summed E-state index contributed by atoms with van der Waals surface area (Å²) in [5.74, 6) is 5.45. The fourth-order valence-electron chi connectivity index (χ4n) is 1.69. The van der Waals surface area contributed by atoms with Crippen LogP contribution in [0.25, 0.3) is 0 Å². The second-order valence-corrected chi connectivity index (χ2v) is 4.20. The van der Waals surface area contributed by atoms with Gasteiger partial charge in [-0.05, 0) is 42.0 Å². The molecule has 0 bridgehead atoms. The number of rotatable bonds is 3. The molecule has 0 aliphatic heterocycles. The molecule has 0 aliphatic rings. The average Bonchev–Trinajstić information content (AvgIpc) is 2.53. The molecule has 0 heterocycles. The van der Waals surface area contributed by atoms with E-state index in [1.165, 1.54) is 12.1 Å². The molecule has 21 heavy (non-hydrogen) atoms. The van der Waals surface area contributed by atoms with Crippen LogP contribution in [-0.4, -0.2) is 11.7 Å². The SMILES string of the molecule is N#Cc1cc(COc2ccc(C#CCO)cc2)ccc1F. The topological polar surface area (TPSA) is 53.2 Å². The van der Waals surface area contributed by atoms with E-state index in [1.54, 1.807) is 36.4 Å². The Kier molecular flexibility index (Phi) is 4.93. The molecule has 0 saturated heterocycles. The quantitative estimate of drug-likeness (QED) is 0.880. The number of hydrogen-bond acceptors (Lipinski definition) is 3. The summed E-state index contributed by atoms with van der Waals surface area (Å²) in [5, 5.41) is 17.4. The van der Waals surface area contributed by atoms with E-state index in [1.807, 2.05) is 0 Å². The molecule has 0 saturated carbocycles. The van der Waals surface area contributed by atoms with Crippen molar-refractivity contribution >= 4 is 0 Å². The smallest absolute Gasteiger partial charge is 0.140 e. The van der Waals surface area contributed by atoms with Crippen molar-refractivity contribution in [3.8, 4) is 23.7 Å². The molecule has 1 N–H and O–H groups in total. The van der Waals surface area contributed by atoms with E-state index in [9.17, 15) is 4.39 Å². The van der Waals surface area contributed by atoms with Crippen molar-refractivity contribution in [3.05, 3.63) is 65.0 Å². The van der Waals surface area contributed by atoms with Gasteiger partial charge in [-0.1, -0.05) is 17.9 Å². The zero-order chi connectivity index (χ0) is 15.1. The van der Waals surface area contributed by atoms with Gasteiger partial charge in [0.1, 0.15) is 30.8 Å². The maximum Gasteiger partial charge on any atom is 0.140 e. The highest BCUT2D eigenvalue weighted by atomic mass is 19.1. The van der Waals surface area contributed by atoms with E-state index in [0.29, 0.717) is 5.75 Å². The normalized spacial score (nSPS) is 9.38. The molecule has 0 atom stereocenters. The van der Waals surface area contributed by atoms with Gasteiger partial charge in [0.25, 0.3) is 0 Å². The maximum atomic E-state index is 13.2. The van der Waals surface area contributed by atoms with Gasteiger partial charge < -0.3 is 9.84 Å². The Morgan fingerprint density at radius 3 is 2.57 bits per heavy atom. The van der Waals surface area contributed by atoms with Crippen LogP contribution in [0.15, 0.2) is 42.5 Å². The molecule has 0 radical (unpaired) electrons. The average molecular weight is 281 g/mol. The molecule has 2 aromatic rings. The van der Waals surface area contributed by atoms with Gasteiger partial charge in [0.15, 0.2) is 0 Å². The highest BCUT2D eigenvalue weighted by Gasteiger charge is 2.03. The van der Waals surface area contributed by atoms with E-state index in [-0.39, 0.29) is 18.8 Å². The fourth-order valence-corrected chi connectivity index (χ4v) is 1.69. The molecule has 0 aromatic heterocycles. The van der Waals surface area contributed by atoms with E-state index >= 15 is 0 Å². The molecule has 0 unspecified atom stereocenters. The molecular formula is C17H12FNO2. The van der Waals surface area contributed by atoms with Crippen LogP contribution < -0.4 is 4.74 Å². The monoisotopic (exact) mass is 281 g/mol. The Balaban J connectivity index is 2.01. The van der Waals surface area contributed by atoms with Crippen LogP contribution in [0.1, 0.15) is 16.7 Å². The summed E-state index contributed by atoms with van der Waals surface area (Å²) in [7, 11) is 0. The van der Waals surface area contributed by atoms with Crippen LogP contribution in [0, 0.1) is 29.0 Å². The van der Waals surface area contributed by atoms with Crippen molar-refractivity contribution in [1.29, 1.82) is 5.26 Å². The van der Waals surface area contributed by atoms with Gasteiger partial charge in [-0.2, -0.15) is 5.26 Å². The molecular weight excluding hydrogens is 269 g/mol. The minimum absolute atomic E-state index is 0.00530. The summed E-state index contributed by atoms with van der Waals surface area (Å²) >= 11 is 0. The van der Waals surface area contributed by atoms with Crippen molar-refractivity contribution in [1.82, 2.24) is 0 Å². The molecule has 0 fully saturated rings. The van der Waals surface area contributed by atoms with E-state index in [4.69, 9.17) is 15.1 Å². The number of hydrogen-bond donors (Lipinski definition) is 1. The Labute approximate surface area is 122 Å². The van der Waals surface area contributed by atoms with Gasteiger partial charge in [0.05, 0.1) is 5.56 Å². The first-order chi connectivity index (χ1) is 10.2. The van der Waals surface area contributed by atoms with Crippen molar-refractivity contribution in [3.63, 3.8) is 0 Å². The molecule has 2 aromatic carbocycles. The molecule has 0 amide bonds. The summed E-state index contributed by atoms with van der Waals surface area (Å²) in [5.41, 5.74) is 1.51. The van der Waals surface area contributed by atoms with Gasteiger partial charge in [-0.15, -0.1) is 0 Å². The second-order valence-electron chi connectivity index (χ2n) is 4.20. The Hall–Kier alpha value is -2.82. The summed E-state index contributed by atoms with van der Waals surface area (Å²) in [6.45, 7) is 0.0701. The zero-order valence-corrected chi connectivity index (χ0v) is 11.1. The third kappa shape index (κ3) is 4.07. The van der Waals surface area contributed by atoms with Crippen LogP contribution in [0.2, 0.25) is 0 Å². The standard InChI is InChI=1S/C17H12FNO2/c18-17-8-5-14(10-15(17)11-19)12-21-16-6-3-13(4-7-16)2-1-9-20/h3-8,10,20H,9,12H2. The third-order valence-electron chi connectivity index (χ3n) is 2.72. The van der Waals surface area contributed by atoms with Gasteiger partial charge in [-0.25, -0.2) is 4.39 Å². The number of ether oxygens (including phenoxy) is 1. The Morgan fingerprint density at radius 2 is 1.90 bits per heavy atom. The third-order valence-corrected chi connectivity index (χ3v) is 2.72. The summed E-state index contributed by atoms with van der Waals surface area (Å²) in [6.07, 6.45) is 0. The summed E-state index contributed by atoms with van der Waals surface area (Å²) in [6, 6.07) is 13.2. The highest BCUT2D eigenvalue weighted by Crippen LogP contribution is 2.15. The maximum absolute atomic E-state index is 13.2. The molecule has 3 nitrogen and oxygen atoms in total. The number of nitriles is 1. The van der Waals surface area contributed by atoms with E-state index < -0.39 is 5.82 Å². The van der Waals surface area contributed by atoms with Crippen molar-refractivity contribution < 1.29 is 14.2 Å². The van der Waals surface area contributed by atoms with Crippen LogP contribution in [0.4, 0.5) is 4.39 Å². The van der Waals surface area contributed by atoms with Gasteiger partial charge in [0.2, 0.25) is 0 Å². The molecule has 0 spiro atoms. The van der Waals surface area contributed by atoms with Gasteiger partial charge in [0, 0.05) is 5.56 Å². The van der Waals surface area contributed by atoms with Crippen molar-refractivity contribution in [2.24, 2.45) is 0 Å². The minimum atomic E-state index is -0.534. The minimum Gasteiger partial charge on any atom is -0.489 e. The number of aliphatic hydroxyl groups excluding tert-OH is 1. The van der Waals surface area contributed by atoms with E-state index in [0.717, 1.165) is 11.1 Å². The van der Waals surface area contributed by atoms with Crippen LogP contribution in [-0.2, 0) is 6.61 Å². The predicted octanol–water partition coefficient (Wildman–Crippen LogP) is 2.62. The molecule has 4 heteroatoms. The number of nitrogens with zero attached hydrogens (tertiary/aromatic N) is 1. The Morgan fingerprint density at radius 1 is 1.14 bits per heavy atom. The lowest BCUT2D eigenvalue weighted by atomic mass is 10.1. The first kappa shape index (κ1) is 14.6. The zero-order valence-electron chi connectivity index (χ0n) is 11.1. The lowest BCUT2D eigenvalue weighted by Crippen LogP contribution is -1.97. The van der Waals surface area contributed by atoms with Crippen molar-refractivity contribution in [2.45, 2.75) is 6.61 Å². The number of benzene rings is 2. The molecule has 2 rings (SSSR count). The van der Waals surface area contributed by atoms with Crippen LogP contribution in [0.5, 0.6) is 5.75 Å².